The average molecular weight is 391 g/mol. The van der Waals surface area contributed by atoms with E-state index in [1.807, 2.05) is 0 Å². The van der Waals surface area contributed by atoms with E-state index in [1.165, 1.54) is 19.1 Å². The lowest BCUT2D eigenvalue weighted by atomic mass is 9.91. The lowest BCUT2D eigenvalue weighted by Gasteiger charge is -2.22. The number of halogens is 3. The first-order valence-electron chi connectivity index (χ1n) is 8.27. The lowest BCUT2D eigenvalue weighted by Crippen LogP contribution is -2.42. The van der Waals surface area contributed by atoms with Crippen LogP contribution in [-0.2, 0) is 15.1 Å². The highest BCUT2D eigenvalue weighted by atomic mass is 19.1. The standard InChI is InChI=1S/C19H16F3N3O3/c1-10-3-6-15(14(22)7-10)23-16(26)9-25-17(27)19(2,24-18(25)28)12-8-11(20)4-5-13(12)21/h3-8H,9H2,1-2H3,(H,23,26)(H,24,28)/t19-/m0/s1. The van der Waals surface area contributed by atoms with Gasteiger partial charge in [-0.15, -0.1) is 0 Å². The second-order valence-electron chi connectivity index (χ2n) is 6.60. The highest BCUT2D eigenvalue weighted by Crippen LogP contribution is 2.31. The van der Waals surface area contributed by atoms with Gasteiger partial charge in [0.2, 0.25) is 5.91 Å². The van der Waals surface area contributed by atoms with Crippen molar-refractivity contribution in [2.45, 2.75) is 19.4 Å². The van der Waals surface area contributed by atoms with E-state index in [0.29, 0.717) is 10.5 Å². The van der Waals surface area contributed by atoms with Crippen LogP contribution in [0.15, 0.2) is 36.4 Å². The zero-order valence-electron chi connectivity index (χ0n) is 15.0. The first-order valence-corrected chi connectivity index (χ1v) is 8.27. The van der Waals surface area contributed by atoms with Gasteiger partial charge in [0.05, 0.1) is 5.69 Å². The molecular weight excluding hydrogens is 375 g/mol. The monoisotopic (exact) mass is 391 g/mol. The van der Waals surface area contributed by atoms with Gasteiger partial charge < -0.3 is 10.6 Å². The van der Waals surface area contributed by atoms with Gasteiger partial charge in [-0.1, -0.05) is 6.07 Å². The molecule has 0 spiro atoms. The Morgan fingerprint density at radius 3 is 2.50 bits per heavy atom. The Balaban J connectivity index is 1.80. The Bertz CT molecular complexity index is 996. The molecule has 1 fully saturated rings. The third-order valence-corrected chi connectivity index (χ3v) is 4.44. The van der Waals surface area contributed by atoms with Crippen LogP contribution in [0, 0.1) is 24.4 Å². The molecular formula is C19H16F3N3O3. The van der Waals surface area contributed by atoms with Crippen LogP contribution in [0.3, 0.4) is 0 Å². The maximum Gasteiger partial charge on any atom is 0.325 e. The molecule has 2 aromatic rings. The Morgan fingerprint density at radius 1 is 1.11 bits per heavy atom. The molecule has 0 aliphatic carbocycles. The van der Waals surface area contributed by atoms with E-state index in [-0.39, 0.29) is 11.3 Å². The topological polar surface area (TPSA) is 78.5 Å². The van der Waals surface area contributed by atoms with E-state index in [0.717, 1.165) is 18.2 Å². The molecule has 1 atom stereocenters. The molecule has 1 saturated heterocycles. The van der Waals surface area contributed by atoms with Crippen molar-refractivity contribution in [1.82, 2.24) is 10.2 Å². The number of rotatable bonds is 4. The number of amides is 4. The molecule has 1 aliphatic rings. The largest absolute Gasteiger partial charge is 0.325 e. The molecule has 0 bridgehead atoms. The van der Waals surface area contributed by atoms with Gasteiger partial charge in [0.1, 0.15) is 29.5 Å². The van der Waals surface area contributed by atoms with Gasteiger partial charge in [-0.3, -0.25) is 14.5 Å². The molecule has 0 aromatic heterocycles. The number of benzene rings is 2. The zero-order chi connectivity index (χ0) is 20.6. The number of anilines is 1. The fourth-order valence-electron chi connectivity index (χ4n) is 2.96. The van der Waals surface area contributed by atoms with Gasteiger partial charge in [0, 0.05) is 5.56 Å². The van der Waals surface area contributed by atoms with E-state index in [4.69, 9.17) is 0 Å². The molecule has 1 heterocycles. The van der Waals surface area contributed by atoms with Gasteiger partial charge in [0.25, 0.3) is 5.91 Å². The van der Waals surface area contributed by atoms with Crippen LogP contribution >= 0.6 is 0 Å². The third kappa shape index (κ3) is 3.42. The summed E-state index contributed by atoms with van der Waals surface area (Å²) in [6.07, 6.45) is 0. The summed E-state index contributed by atoms with van der Waals surface area (Å²) >= 11 is 0. The Hall–Kier alpha value is -3.36. The number of carbonyl (C=O) groups excluding carboxylic acids is 3. The number of hydrogen-bond acceptors (Lipinski definition) is 3. The SMILES string of the molecule is Cc1ccc(NC(=O)CN2C(=O)N[C@@](C)(c3cc(F)ccc3F)C2=O)c(F)c1. The number of nitrogens with one attached hydrogen (secondary N) is 2. The van der Waals surface area contributed by atoms with Crippen molar-refractivity contribution >= 4 is 23.5 Å². The maximum absolute atomic E-state index is 14.1. The highest BCUT2D eigenvalue weighted by Gasteiger charge is 2.50. The maximum atomic E-state index is 14.1. The van der Waals surface area contributed by atoms with Gasteiger partial charge in [-0.05, 0) is 49.7 Å². The molecule has 0 saturated carbocycles. The molecule has 1 aliphatic heterocycles. The van der Waals surface area contributed by atoms with Crippen molar-refractivity contribution in [1.29, 1.82) is 0 Å². The summed E-state index contributed by atoms with van der Waals surface area (Å²) in [6.45, 7) is 2.17. The Kier molecular flexibility index (Phi) is 4.84. The van der Waals surface area contributed by atoms with Crippen LogP contribution in [-0.4, -0.2) is 29.3 Å². The fourth-order valence-corrected chi connectivity index (χ4v) is 2.96. The molecule has 0 radical (unpaired) electrons. The summed E-state index contributed by atoms with van der Waals surface area (Å²) in [5, 5.41) is 4.55. The van der Waals surface area contributed by atoms with Crippen LogP contribution in [0.1, 0.15) is 18.1 Å². The van der Waals surface area contributed by atoms with E-state index >= 15 is 0 Å². The number of carbonyl (C=O) groups is 3. The van der Waals surface area contributed by atoms with Crippen LogP contribution < -0.4 is 10.6 Å². The molecule has 3 rings (SSSR count). The number of aryl methyl sites for hydroxylation is 1. The van der Waals surface area contributed by atoms with Crippen molar-refractivity contribution in [2.24, 2.45) is 0 Å². The Morgan fingerprint density at radius 2 is 1.82 bits per heavy atom. The summed E-state index contributed by atoms with van der Waals surface area (Å²) in [6, 6.07) is 5.72. The van der Waals surface area contributed by atoms with Crippen molar-refractivity contribution in [3.63, 3.8) is 0 Å². The molecule has 0 unspecified atom stereocenters. The highest BCUT2D eigenvalue weighted by molar-refractivity contribution is 6.10. The lowest BCUT2D eigenvalue weighted by molar-refractivity contribution is -0.133. The second-order valence-corrected chi connectivity index (χ2v) is 6.60. The van der Waals surface area contributed by atoms with Crippen LogP contribution in [0.25, 0.3) is 0 Å². The molecule has 6 nitrogen and oxygen atoms in total. The minimum Gasteiger partial charge on any atom is -0.322 e. The smallest absolute Gasteiger partial charge is 0.322 e. The average Bonchev–Trinajstić information content (AvgIpc) is 2.83. The third-order valence-electron chi connectivity index (χ3n) is 4.44. The summed E-state index contributed by atoms with van der Waals surface area (Å²) < 4.78 is 41.5. The summed E-state index contributed by atoms with van der Waals surface area (Å²) in [5.41, 5.74) is -1.70. The number of urea groups is 1. The zero-order valence-corrected chi connectivity index (χ0v) is 15.0. The van der Waals surface area contributed by atoms with Crippen molar-refractivity contribution < 1.29 is 27.6 Å². The Labute approximate surface area is 158 Å². The quantitative estimate of drug-likeness (QED) is 0.787. The second kappa shape index (κ2) is 6.99. The molecule has 2 aromatic carbocycles. The predicted octanol–water partition coefficient (Wildman–Crippen LogP) is 2.82. The summed E-state index contributed by atoms with van der Waals surface area (Å²) in [5.74, 6) is -4.09. The summed E-state index contributed by atoms with van der Waals surface area (Å²) in [7, 11) is 0. The minimum absolute atomic E-state index is 0.110. The van der Waals surface area contributed by atoms with Crippen molar-refractivity contribution in [3.05, 3.63) is 65.0 Å². The number of imide groups is 1. The van der Waals surface area contributed by atoms with E-state index < -0.39 is 47.4 Å². The van der Waals surface area contributed by atoms with Gasteiger partial charge >= 0.3 is 6.03 Å². The summed E-state index contributed by atoms with van der Waals surface area (Å²) in [4.78, 5) is 37.6. The van der Waals surface area contributed by atoms with Crippen molar-refractivity contribution in [2.75, 3.05) is 11.9 Å². The molecule has 28 heavy (non-hydrogen) atoms. The van der Waals surface area contributed by atoms with E-state index in [1.54, 1.807) is 13.0 Å². The first-order chi connectivity index (χ1) is 13.1. The van der Waals surface area contributed by atoms with E-state index in [2.05, 4.69) is 10.6 Å². The van der Waals surface area contributed by atoms with Crippen LogP contribution in [0.2, 0.25) is 0 Å². The molecule has 9 heteroatoms. The van der Waals surface area contributed by atoms with E-state index in [9.17, 15) is 27.6 Å². The minimum atomic E-state index is -1.88. The first kappa shape index (κ1) is 19.4. The van der Waals surface area contributed by atoms with Gasteiger partial charge in [0.15, 0.2) is 0 Å². The predicted molar refractivity (Wildman–Crippen MR) is 93.7 cm³/mol. The number of hydrogen-bond donors (Lipinski definition) is 2. The molecule has 2 N–H and O–H groups in total. The fraction of sp³-hybridized carbons (Fsp3) is 0.211. The number of nitrogens with zero attached hydrogens (tertiary/aromatic N) is 1. The van der Waals surface area contributed by atoms with Gasteiger partial charge in [-0.25, -0.2) is 18.0 Å². The van der Waals surface area contributed by atoms with Crippen LogP contribution in [0.5, 0.6) is 0 Å². The van der Waals surface area contributed by atoms with Crippen LogP contribution in [0.4, 0.5) is 23.7 Å². The normalized spacial score (nSPS) is 19.0. The van der Waals surface area contributed by atoms with Crippen molar-refractivity contribution in [3.8, 4) is 0 Å². The molecule has 4 amide bonds. The van der Waals surface area contributed by atoms with Gasteiger partial charge in [-0.2, -0.15) is 0 Å². The molecule has 146 valence electrons.